The van der Waals surface area contributed by atoms with Gasteiger partial charge in [-0.25, -0.2) is 4.39 Å². The highest BCUT2D eigenvalue weighted by Crippen LogP contribution is 2.09. The third-order valence-corrected chi connectivity index (χ3v) is 2.66. The lowest BCUT2D eigenvalue weighted by Gasteiger charge is -2.16. The van der Waals surface area contributed by atoms with E-state index in [1.54, 1.807) is 6.07 Å². The molecule has 20 heavy (non-hydrogen) atoms. The number of aliphatic hydroxyl groups excluding tert-OH is 1. The summed E-state index contributed by atoms with van der Waals surface area (Å²) in [4.78, 5) is 11.7. The molecule has 0 aliphatic heterocycles. The van der Waals surface area contributed by atoms with Gasteiger partial charge in [0, 0.05) is 31.8 Å². The summed E-state index contributed by atoms with van der Waals surface area (Å²) in [7, 11) is 1.51. The zero-order valence-electron chi connectivity index (χ0n) is 11.7. The average Bonchev–Trinajstić information content (AvgIpc) is 2.36. The second-order valence-corrected chi connectivity index (χ2v) is 4.68. The molecule has 2 atom stereocenters. The van der Waals surface area contributed by atoms with Gasteiger partial charge in [0.2, 0.25) is 5.91 Å². The molecule has 2 unspecified atom stereocenters. The molecule has 112 valence electrons. The van der Waals surface area contributed by atoms with Gasteiger partial charge in [-0.3, -0.25) is 4.79 Å². The molecular weight excluding hydrogens is 263 g/mol. The minimum absolute atomic E-state index is 0.102. The Morgan fingerprint density at radius 3 is 2.90 bits per heavy atom. The molecule has 1 amide bonds. The van der Waals surface area contributed by atoms with Gasteiger partial charge in [0.15, 0.2) is 0 Å². The van der Waals surface area contributed by atoms with Gasteiger partial charge < -0.3 is 20.5 Å². The SMILES string of the molecule is COCC(O)CNC(C)CC(=O)Nc1cccc(F)c1. The van der Waals surface area contributed by atoms with Crippen LogP contribution in [0.1, 0.15) is 13.3 Å². The highest BCUT2D eigenvalue weighted by molar-refractivity contribution is 5.91. The van der Waals surface area contributed by atoms with Crippen LogP contribution in [0, 0.1) is 5.82 Å². The van der Waals surface area contributed by atoms with Crippen LogP contribution in [0.25, 0.3) is 0 Å². The summed E-state index contributed by atoms with van der Waals surface area (Å²) in [6.45, 7) is 2.43. The molecule has 0 aliphatic rings. The van der Waals surface area contributed by atoms with Crippen LogP contribution in [0.15, 0.2) is 24.3 Å². The molecular formula is C14H21FN2O3. The first-order valence-electron chi connectivity index (χ1n) is 6.47. The van der Waals surface area contributed by atoms with Crippen molar-refractivity contribution >= 4 is 11.6 Å². The highest BCUT2D eigenvalue weighted by atomic mass is 19.1. The van der Waals surface area contributed by atoms with E-state index in [-0.39, 0.29) is 25.0 Å². The Morgan fingerprint density at radius 1 is 1.50 bits per heavy atom. The lowest BCUT2D eigenvalue weighted by molar-refractivity contribution is -0.116. The number of hydrogen-bond acceptors (Lipinski definition) is 4. The number of nitrogens with one attached hydrogen (secondary N) is 2. The van der Waals surface area contributed by atoms with Gasteiger partial charge in [0.25, 0.3) is 0 Å². The fourth-order valence-corrected chi connectivity index (χ4v) is 1.72. The molecule has 0 fully saturated rings. The summed E-state index contributed by atoms with van der Waals surface area (Å²) in [6.07, 6.45) is -0.371. The fraction of sp³-hybridized carbons (Fsp3) is 0.500. The molecule has 0 radical (unpaired) electrons. The average molecular weight is 284 g/mol. The predicted octanol–water partition coefficient (Wildman–Crippen LogP) is 1.14. The van der Waals surface area contributed by atoms with Crippen molar-refractivity contribution in [1.29, 1.82) is 0 Å². The Kier molecular flexibility index (Phi) is 7.14. The maximum absolute atomic E-state index is 13.0. The van der Waals surface area contributed by atoms with Crippen LogP contribution in [0.2, 0.25) is 0 Å². The summed E-state index contributed by atoms with van der Waals surface area (Å²) in [5.74, 6) is -0.603. The summed E-state index contributed by atoms with van der Waals surface area (Å²) in [6, 6.07) is 5.64. The van der Waals surface area contributed by atoms with Gasteiger partial charge in [0.05, 0.1) is 12.7 Å². The lowest BCUT2D eigenvalue weighted by Crippen LogP contribution is -2.37. The van der Waals surface area contributed by atoms with Crippen molar-refractivity contribution in [3.05, 3.63) is 30.1 Å². The highest BCUT2D eigenvalue weighted by Gasteiger charge is 2.11. The number of benzene rings is 1. The van der Waals surface area contributed by atoms with Gasteiger partial charge in [-0.2, -0.15) is 0 Å². The normalized spacial score (nSPS) is 13.8. The van der Waals surface area contributed by atoms with Gasteiger partial charge >= 0.3 is 0 Å². The largest absolute Gasteiger partial charge is 0.389 e. The second-order valence-electron chi connectivity index (χ2n) is 4.68. The smallest absolute Gasteiger partial charge is 0.225 e. The van der Waals surface area contributed by atoms with Crippen LogP contribution >= 0.6 is 0 Å². The quantitative estimate of drug-likeness (QED) is 0.669. The molecule has 6 heteroatoms. The summed E-state index contributed by atoms with van der Waals surface area (Å²) >= 11 is 0. The number of methoxy groups -OCH3 is 1. The van der Waals surface area contributed by atoms with E-state index in [2.05, 4.69) is 10.6 Å². The first-order chi connectivity index (χ1) is 9.51. The van der Waals surface area contributed by atoms with Crippen LogP contribution in [0.3, 0.4) is 0 Å². The van der Waals surface area contributed by atoms with Crippen LogP contribution in [0.4, 0.5) is 10.1 Å². The monoisotopic (exact) mass is 284 g/mol. The third-order valence-electron chi connectivity index (χ3n) is 2.66. The molecule has 0 aromatic heterocycles. The molecule has 1 aromatic carbocycles. The molecule has 0 bridgehead atoms. The number of carbonyl (C=O) groups excluding carboxylic acids is 1. The summed E-state index contributed by atoms with van der Waals surface area (Å²) in [5.41, 5.74) is 0.432. The van der Waals surface area contributed by atoms with Crippen LogP contribution in [0.5, 0.6) is 0 Å². The van der Waals surface area contributed by atoms with E-state index in [0.29, 0.717) is 12.2 Å². The molecule has 0 spiro atoms. The molecule has 1 aromatic rings. The zero-order valence-corrected chi connectivity index (χ0v) is 11.7. The van der Waals surface area contributed by atoms with Crippen LogP contribution in [-0.2, 0) is 9.53 Å². The van der Waals surface area contributed by atoms with Crippen LogP contribution < -0.4 is 10.6 Å². The summed E-state index contributed by atoms with van der Waals surface area (Å²) < 4.78 is 17.8. The van der Waals surface area contributed by atoms with Gasteiger partial charge in [-0.15, -0.1) is 0 Å². The van der Waals surface area contributed by atoms with E-state index in [4.69, 9.17) is 4.74 Å². The fourth-order valence-electron chi connectivity index (χ4n) is 1.72. The number of carbonyl (C=O) groups is 1. The van der Waals surface area contributed by atoms with Crippen molar-refractivity contribution in [2.45, 2.75) is 25.5 Å². The lowest BCUT2D eigenvalue weighted by atomic mass is 10.2. The van der Waals surface area contributed by atoms with E-state index in [1.165, 1.54) is 25.3 Å². The summed E-state index contributed by atoms with van der Waals surface area (Å²) in [5, 5.41) is 15.1. The topological polar surface area (TPSA) is 70.6 Å². The Labute approximate surface area is 118 Å². The van der Waals surface area contributed by atoms with Gasteiger partial charge in [-0.1, -0.05) is 6.07 Å². The van der Waals surface area contributed by atoms with Crippen molar-refractivity contribution in [3.63, 3.8) is 0 Å². The Morgan fingerprint density at radius 2 is 2.25 bits per heavy atom. The number of anilines is 1. The number of halogens is 1. The van der Waals surface area contributed by atoms with Crippen molar-refractivity contribution in [1.82, 2.24) is 5.32 Å². The number of ether oxygens (including phenoxy) is 1. The molecule has 0 heterocycles. The van der Waals surface area contributed by atoms with E-state index < -0.39 is 11.9 Å². The zero-order chi connectivity index (χ0) is 15.0. The van der Waals surface area contributed by atoms with Crippen molar-refractivity contribution in [3.8, 4) is 0 Å². The van der Waals surface area contributed by atoms with Crippen LogP contribution in [-0.4, -0.2) is 43.4 Å². The molecule has 3 N–H and O–H groups in total. The Bertz CT molecular complexity index is 429. The first-order valence-corrected chi connectivity index (χ1v) is 6.47. The Hall–Kier alpha value is -1.50. The number of hydrogen-bond donors (Lipinski definition) is 3. The standard InChI is InChI=1S/C14H21FN2O3/c1-10(16-8-13(18)9-20-2)6-14(19)17-12-5-3-4-11(15)7-12/h3-5,7,10,13,16,18H,6,8-9H2,1-2H3,(H,17,19). The molecule has 0 saturated heterocycles. The maximum Gasteiger partial charge on any atom is 0.225 e. The Balaban J connectivity index is 2.31. The first kappa shape index (κ1) is 16.6. The van der Waals surface area contributed by atoms with Gasteiger partial charge in [-0.05, 0) is 25.1 Å². The van der Waals surface area contributed by atoms with Crippen molar-refractivity contribution < 1.29 is 19.0 Å². The van der Waals surface area contributed by atoms with Crippen molar-refractivity contribution in [2.75, 3.05) is 25.6 Å². The molecule has 5 nitrogen and oxygen atoms in total. The molecule has 1 rings (SSSR count). The number of amides is 1. The van der Waals surface area contributed by atoms with E-state index in [0.717, 1.165) is 0 Å². The van der Waals surface area contributed by atoms with E-state index in [9.17, 15) is 14.3 Å². The second kappa shape index (κ2) is 8.63. The number of rotatable bonds is 8. The van der Waals surface area contributed by atoms with E-state index in [1.807, 2.05) is 6.92 Å². The predicted molar refractivity (Wildman–Crippen MR) is 75.0 cm³/mol. The van der Waals surface area contributed by atoms with E-state index >= 15 is 0 Å². The third kappa shape index (κ3) is 6.60. The minimum Gasteiger partial charge on any atom is -0.389 e. The number of aliphatic hydroxyl groups is 1. The molecule has 0 aliphatic carbocycles. The minimum atomic E-state index is -0.603. The van der Waals surface area contributed by atoms with Gasteiger partial charge in [0.1, 0.15) is 5.82 Å². The molecule has 0 saturated carbocycles. The maximum atomic E-state index is 13.0. The van der Waals surface area contributed by atoms with Crippen molar-refractivity contribution in [2.24, 2.45) is 0 Å².